The van der Waals surface area contributed by atoms with Crippen molar-refractivity contribution in [1.29, 1.82) is 0 Å². The van der Waals surface area contributed by atoms with Crippen LogP contribution in [0.2, 0.25) is 0 Å². The fourth-order valence-corrected chi connectivity index (χ4v) is 2.43. The summed E-state index contributed by atoms with van der Waals surface area (Å²) in [5.41, 5.74) is 2.27. The lowest BCUT2D eigenvalue weighted by molar-refractivity contribution is -0.118. The van der Waals surface area contributed by atoms with Crippen LogP contribution in [0.3, 0.4) is 0 Å². The maximum absolute atomic E-state index is 12.1. The van der Waals surface area contributed by atoms with Crippen molar-refractivity contribution < 1.29 is 9.21 Å². The Bertz CT molecular complexity index is 609. The molecule has 116 valence electrons. The Morgan fingerprint density at radius 2 is 2.19 bits per heavy atom. The molecule has 0 bridgehead atoms. The lowest BCUT2D eigenvalue weighted by Gasteiger charge is -2.22. The van der Waals surface area contributed by atoms with Crippen molar-refractivity contribution in [2.45, 2.75) is 32.2 Å². The van der Waals surface area contributed by atoms with E-state index >= 15 is 0 Å². The van der Waals surface area contributed by atoms with Gasteiger partial charge in [-0.15, -0.1) is 24.8 Å². The van der Waals surface area contributed by atoms with Crippen LogP contribution in [-0.4, -0.2) is 23.5 Å². The zero-order valence-corrected chi connectivity index (χ0v) is 13.4. The Kier molecular flexibility index (Phi) is 6.45. The first-order valence-corrected chi connectivity index (χ1v) is 6.64. The van der Waals surface area contributed by atoms with Gasteiger partial charge in [0, 0.05) is 12.6 Å². The van der Waals surface area contributed by atoms with Crippen molar-refractivity contribution >= 4 is 47.5 Å². The average molecular weight is 332 g/mol. The van der Waals surface area contributed by atoms with E-state index in [2.05, 4.69) is 15.6 Å². The molecule has 5 nitrogen and oxygen atoms in total. The molecule has 2 aromatic rings. The minimum absolute atomic E-state index is 0. The van der Waals surface area contributed by atoms with E-state index in [9.17, 15) is 4.79 Å². The number of amides is 1. The highest BCUT2D eigenvalue weighted by atomic mass is 35.5. The molecule has 0 spiro atoms. The van der Waals surface area contributed by atoms with E-state index in [-0.39, 0.29) is 36.8 Å². The molecule has 1 aromatic heterocycles. The normalized spacial score (nSPS) is 17.7. The molecule has 1 atom stereocenters. The molecule has 1 amide bonds. The van der Waals surface area contributed by atoms with Crippen LogP contribution in [-0.2, 0) is 4.79 Å². The SMILES string of the molecule is Cc1nc2cc(NC(=O)C3CCCCN3)ccc2o1.Cl.Cl. The van der Waals surface area contributed by atoms with Gasteiger partial charge in [0.1, 0.15) is 5.52 Å². The maximum atomic E-state index is 12.1. The highest BCUT2D eigenvalue weighted by Gasteiger charge is 2.20. The summed E-state index contributed by atoms with van der Waals surface area (Å²) >= 11 is 0. The molecule has 0 saturated carbocycles. The quantitative estimate of drug-likeness (QED) is 0.887. The number of hydrogen-bond acceptors (Lipinski definition) is 4. The lowest BCUT2D eigenvalue weighted by Crippen LogP contribution is -2.43. The molecule has 2 N–H and O–H groups in total. The molecular formula is C14H19Cl2N3O2. The summed E-state index contributed by atoms with van der Waals surface area (Å²) < 4.78 is 5.41. The van der Waals surface area contributed by atoms with Gasteiger partial charge in [-0.2, -0.15) is 0 Å². The van der Waals surface area contributed by atoms with Crippen LogP contribution in [0.25, 0.3) is 11.1 Å². The minimum atomic E-state index is -0.0801. The molecule has 1 aromatic carbocycles. The van der Waals surface area contributed by atoms with Crippen molar-refractivity contribution in [3.63, 3.8) is 0 Å². The van der Waals surface area contributed by atoms with Crippen LogP contribution in [0, 0.1) is 6.92 Å². The van der Waals surface area contributed by atoms with Crippen molar-refractivity contribution in [2.24, 2.45) is 0 Å². The number of aromatic nitrogens is 1. The summed E-state index contributed by atoms with van der Waals surface area (Å²) in [6.07, 6.45) is 3.15. The molecule has 1 aliphatic heterocycles. The zero-order valence-electron chi connectivity index (χ0n) is 11.7. The van der Waals surface area contributed by atoms with E-state index in [1.165, 1.54) is 0 Å². The molecule has 2 heterocycles. The van der Waals surface area contributed by atoms with Gasteiger partial charge in [-0.05, 0) is 37.6 Å². The van der Waals surface area contributed by atoms with E-state index < -0.39 is 0 Å². The van der Waals surface area contributed by atoms with Gasteiger partial charge in [0.15, 0.2) is 11.5 Å². The second-order valence-electron chi connectivity index (χ2n) is 4.91. The number of benzene rings is 1. The number of anilines is 1. The van der Waals surface area contributed by atoms with E-state index in [0.717, 1.165) is 42.6 Å². The zero-order chi connectivity index (χ0) is 13.2. The van der Waals surface area contributed by atoms with E-state index in [0.29, 0.717) is 5.89 Å². The number of halogens is 2. The third kappa shape index (κ3) is 4.09. The Labute approximate surface area is 135 Å². The number of hydrogen-bond donors (Lipinski definition) is 2. The summed E-state index contributed by atoms with van der Waals surface area (Å²) in [4.78, 5) is 16.4. The van der Waals surface area contributed by atoms with Crippen LogP contribution in [0.5, 0.6) is 0 Å². The van der Waals surface area contributed by atoms with Gasteiger partial charge in [0.25, 0.3) is 0 Å². The predicted molar refractivity (Wildman–Crippen MR) is 87.5 cm³/mol. The highest BCUT2D eigenvalue weighted by Crippen LogP contribution is 2.20. The third-order valence-electron chi connectivity index (χ3n) is 3.39. The molecular weight excluding hydrogens is 313 g/mol. The van der Waals surface area contributed by atoms with Crippen LogP contribution in [0.15, 0.2) is 22.6 Å². The predicted octanol–water partition coefficient (Wildman–Crippen LogP) is 3.06. The molecule has 1 unspecified atom stereocenters. The first kappa shape index (κ1) is 17.8. The smallest absolute Gasteiger partial charge is 0.241 e. The third-order valence-corrected chi connectivity index (χ3v) is 3.39. The second-order valence-corrected chi connectivity index (χ2v) is 4.91. The molecule has 7 heteroatoms. The average Bonchev–Trinajstić information content (AvgIpc) is 2.79. The number of carbonyl (C=O) groups excluding carboxylic acids is 1. The van der Waals surface area contributed by atoms with Gasteiger partial charge in [0.2, 0.25) is 5.91 Å². The number of fused-ring (bicyclic) bond motifs is 1. The van der Waals surface area contributed by atoms with Gasteiger partial charge in [-0.25, -0.2) is 4.98 Å². The summed E-state index contributed by atoms with van der Waals surface area (Å²) in [5.74, 6) is 0.659. The molecule has 1 fully saturated rings. The molecule has 3 rings (SSSR count). The standard InChI is InChI=1S/C14H17N3O2.2ClH/c1-9-16-12-8-10(5-6-13(12)19-9)17-14(18)11-4-2-3-7-15-11;;/h5-6,8,11,15H,2-4,7H2,1H3,(H,17,18);2*1H. The van der Waals surface area contributed by atoms with E-state index in [1.807, 2.05) is 25.1 Å². The van der Waals surface area contributed by atoms with Crippen molar-refractivity contribution in [1.82, 2.24) is 10.3 Å². The van der Waals surface area contributed by atoms with Gasteiger partial charge < -0.3 is 15.1 Å². The highest BCUT2D eigenvalue weighted by molar-refractivity contribution is 5.96. The molecule has 0 aliphatic carbocycles. The van der Waals surface area contributed by atoms with E-state index in [4.69, 9.17) is 4.42 Å². The summed E-state index contributed by atoms with van der Waals surface area (Å²) in [6.45, 7) is 2.73. The molecule has 1 saturated heterocycles. The molecule has 0 radical (unpaired) electrons. The Morgan fingerprint density at radius 1 is 1.38 bits per heavy atom. The van der Waals surface area contributed by atoms with Crippen molar-refractivity contribution in [3.05, 3.63) is 24.1 Å². The topological polar surface area (TPSA) is 67.2 Å². The molecule has 1 aliphatic rings. The summed E-state index contributed by atoms with van der Waals surface area (Å²) in [7, 11) is 0. The van der Waals surface area contributed by atoms with Gasteiger partial charge in [0.05, 0.1) is 6.04 Å². The number of nitrogens with one attached hydrogen (secondary N) is 2. The largest absolute Gasteiger partial charge is 0.441 e. The second kappa shape index (κ2) is 7.64. The minimum Gasteiger partial charge on any atom is -0.441 e. The Morgan fingerprint density at radius 3 is 2.90 bits per heavy atom. The van der Waals surface area contributed by atoms with Crippen LogP contribution in [0.4, 0.5) is 5.69 Å². The first-order chi connectivity index (χ1) is 9.22. The van der Waals surface area contributed by atoms with Crippen molar-refractivity contribution in [3.8, 4) is 0 Å². The number of piperidine rings is 1. The number of aryl methyl sites for hydroxylation is 1. The summed E-state index contributed by atoms with van der Waals surface area (Å²) in [6, 6.07) is 5.43. The Balaban J connectivity index is 0.00000110. The summed E-state index contributed by atoms with van der Waals surface area (Å²) in [5, 5.41) is 6.16. The van der Waals surface area contributed by atoms with Gasteiger partial charge >= 0.3 is 0 Å². The number of rotatable bonds is 2. The Hall–Kier alpha value is -1.30. The monoisotopic (exact) mass is 331 g/mol. The number of oxazole rings is 1. The van der Waals surface area contributed by atoms with Gasteiger partial charge in [-0.3, -0.25) is 4.79 Å². The fourth-order valence-electron chi connectivity index (χ4n) is 2.43. The van der Waals surface area contributed by atoms with Gasteiger partial charge in [-0.1, -0.05) is 6.42 Å². The molecule has 21 heavy (non-hydrogen) atoms. The van der Waals surface area contributed by atoms with Crippen LogP contribution >= 0.6 is 24.8 Å². The maximum Gasteiger partial charge on any atom is 0.241 e. The number of nitrogens with zero attached hydrogens (tertiary/aromatic N) is 1. The number of carbonyl (C=O) groups is 1. The first-order valence-electron chi connectivity index (χ1n) is 6.64. The van der Waals surface area contributed by atoms with E-state index in [1.54, 1.807) is 0 Å². The fraction of sp³-hybridized carbons (Fsp3) is 0.429. The lowest BCUT2D eigenvalue weighted by atomic mass is 10.0. The van der Waals surface area contributed by atoms with Crippen LogP contribution in [0.1, 0.15) is 25.2 Å². The van der Waals surface area contributed by atoms with Crippen LogP contribution < -0.4 is 10.6 Å². The van der Waals surface area contributed by atoms with Crippen molar-refractivity contribution in [2.75, 3.05) is 11.9 Å².